The molecule has 2 rings (SSSR count). The number of benzene rings is 1. The summed E-state index contributed by atoms with van der Waals surface area (Å²) in [7, 11) is -1.48. The topological polar surface area (TPSA) is 83.5 Å². The quantitative estimate of drug-likeness (QED) is 0.369. The van der Waals surface area contributed by atoms with Gasteiger partial charge >= 0.3 is 0 Å². The molecule has 6 nitrogen and oxygen atoms in total. The fourth-order valence-corrected chi connectivity index (χ4v) is 4.25. The number of rotatable bonds is 5. The number of hydrogen-bond donors (Lipinski definition) is 2. The van der Waals surface area contributed by atoms with Crippen molar-refractivity contribution in [1.82, 2.24) is 15.6 Å². The molecule has 0 aliphatic heterocycles. The third kappa shape index (κ3) is 6.20. The van der Waals surface area contributed by atoms with Crippen LogP contribution in [-0.4, -0.2) is 32.7 Å². The van der Waals surface area contributed by atoms with E-state index in [-0.39, 0.29) is 24.0 Å². The minimum atomic E-state index is -3.19. The average molecular weight is 508 g/mol. The van der Waals surface area contributed by atoms with Crippen molar-refractivity contribution in [2.75, 3.05) is 13.3 Å². The minimum absolute atomic E-state index is 0. The second-order valence-corrected chi connectivity index (χ2v) is 9.17. The highest BCUT2D eigenvalue weighted by Crippen LogP contribution is 2.17. The van der Waals surface area contributed by atoms with Gasteiger partial charge in [0.05, 0.1) is 17.1 Å². The Kier molecular flexibility index (Phi) is 8.48. The zero-order valence-corrected chi connectivity index (χ0v) is 19.5. The summed E-state index contributed by atoms with van der Waals surface area (Å²) < 4.78 is 23.3. The number of thiazole rings is 1. The zero-order chi connectivity index (χ0) is 18.6. The van der Waals surface area contributed by atoms with Gasteiger partial charge in [0, 0.05) is 24.7 Å². The van der Waals surface area contributed by atoms with E-state index in [4.69, 9.17) is 0 Å². The zero-order valence-electron chi connectivity index (χ0n) is 15.6. The molecule has 0 saturated heterocycles. The molecule has 0 atom stereocenters. The van der Waals surface area contributed by atoms with Crippen LogP contribution in [0.5, 0.6) is 0 Å². The van der Waals surface area contributed by atoms with Gasteiger partial charge in [-0.05, 0) is 38.0 Å². The van der Waals surface area contributed by atoms with Gasteiger partial charge in [-0.25, -0.2) is 13.4 Å². The first-order valence-corrected chi connectivity index (χ1v) is 10.6. The lowest BCUT2D eigenvalue weighted by atomic mass is 10.1. The van der Waals surface area contributed by atoms with Crippen molar-refractivity contribution < 1.29 is 8.42 Å². The number of aryl methyl sites for hydroxylation is 3. The smallest absolute Gasteiger partial charge is 0.191 e. The molecule has 0 fully saturated rings. The molecule has 0 aliphatic rings. The van der Waals surface area contributed by atoms with E-state index in [9.17, 15) is 8.42 Å². The standard InChI is InChI=1S/C17H24N4O2S2.HI/c1-11-8-14(6-7-15(11)25(5,22)23)9-19-17(18-4)20-10-16-21-12(2)13(3)24-16;/h6-8H,9-10H2,1-5H3,(H2,18,19,20);1H. The summed E-state index contributed by atoms with van der Waals surface area (Å²) in [5.41, 5.74) is 2.80. The molecule has 1 aromatic heterocycles. The summed E-state index contributed by atoms with van der Waals surface area (Å²) in [6.07, 6.45) is 1.22. The lowest BCUT2D eigenvalue weighted by Crippen LogP contribution is -2.36. The summed E-state index contributed by atoms with van der Waals surface area (Å²) in [6.45, 7) is 7.04. The van der Waals surface area contributed by atoms with Crippen LogP contribution in [0.1, 0.15) is 26.7 Å². The van der Waals surface area contributed by atoms with Crippen LogP contribution in [0.2, 0.25) is 0 Å². The molecule has 2 N–H and O–H groups in total. The third-order valence-electron chi connectivity index (χ3n) is 3.80. The predicted octanol–water partition coefficient (Wildman–Crippen LogP) is 2.96. The number of halogens is 1. The van der Waals surface area contributed by atoms with Gasteiger partial charge in [-0.1, -0.05) is 12.1 Å². The summed E-state index contributed by atoms with van der Waals surface area (Å²) in [4.78, 5) is 10.3. The average Bonchev–Trinajstić information content (AvgIpc) is 2.84. The van der Waals surface area contributed by atoms with Crippen LogP contribution in [0, 0.1) is 20.8 Å². The van der Waals surface area contributed by atoms with Gasteiger partial charge in [0.1, 0.15) is 5.01 Å². The number of aromatic nitrogens is 1. The second-order valence-electron chi connectivity index (χ2n) is 5.90. The molecule has 2 aromatic rings. The Balaban J connectivity index is 0.00000338. The Bertz CT molecular complexity index is 873. The highest BCUT2D eigenvalue weighted by molar-refractivity contribution is 14.0. The number of nitrogens with zero attached hydrogens (tertiary/aromatic N) is 2. The number of aliphatic imine (C=N–C) groups is 1. The van der Waals surface area contributed by atoms with Crippen molar-refractivity contribution in [2.24, 2.45) is 4.99 Å². The van der Waals surface area contributed by atoms with E-state index < -0.39 is 9.84 Å². The maximum absolute atomic E-state index is 11.7. The number of guanidine groups is 1. The Morgan fingerprint density at radius 3 is 2.35 bits per heavy atom. The summed E-state index contributed by atoms with van der Waals surface area (Å²) >= 11 is 1.67. The van der Waals surface area contributed by atoms with Gasteiger partial charge in [-0.3, -0.25) is 4.99 Å². The van der Waals surface area contributed by atoms with E-state index >= 15 is 0 Å². The van der Waals surface area contributed by atoms with Gasteiger partial charge in [0.15, 0.2) is 15.8 Å². The van der Waals surface area contributed by atoms with Crippen LogP contribution in [0.25, 0.3) is 0 Å². The van der Waals surface area contributed by atoms with E-state index in [1.165, 1.54) is 11.1 Å². The fourth-order valence-electron chi connectivity index (χ4n) is 2.42. The molecule has 26 heavy (non-hydrogen) atoms. The number of nitrogens with one attached hydrogen (secondary N) is 2. The van der Waals surface area contributed by atoms with E-state index in [1.54, 1.807) is 31.4 Å². The van der Waals surface area contributed by atoms with Crippen molar-refractivity contribution in [1.29, 1.82) is 0 Å². The first-order valence-electron chi connectivity index (χ1n) is 7.87. The first kappa shape index (κ1) is 22.8. The second kappa shape index (κ2) is 9.65. The van der Waals surface area contributed by atoms with E-state index in [1.807, 2.05) is 19.1 Å². The van der Waals surface area contributed by atoms with Gasteiger partial charge in [0.25, 0.3) is 0 Å². The fraction of sp³-hybridized carbons (Fsp3) is 0.412. The van der Waals surface area contributed by atoms with Crippen molar-refractivity contribution in [3.8, 4) is 0 Å². The lowest BCUT2D eigenvalue weighted by molar-refractivity contribution is 0.601. The van der Waals surface area contributed by atoms with Gasteiger partial charge in [0.2, 0.25) is 0 Å². The third-order valence-corrected chi connectivity index (χ3v) is 6.13. The van der Waals surface area contributed by atoms with Crippen molar-refractivity contribution in [3.63, 3.8) is 0 Å². The van der Waals surface area contributed by atoms with Crippen LogP contribution < -0.4 is 10.6 Å². The molecular weight excluding hydrogens is 483 g/mol. The molecular formula is C17H25IN4O2S2. The molecule has 0 aliphatic carbocycles. The molecule has 0 saturated carbocycles. The van der Waals surface area contributed by atoms with Crippen molar-refractivity contribution in [2.45, 2.75) is 38.8 Å². The molecule has 9 heteroatoms. The molecule has 0 bridgehead atoms. The normalized spacial score (nSPS) is 11.8. The Hall–Kier alpha value is -1.20. The van der Waals surface area contributed by atoms with Gasteiger partial charge in [-0.15, -0.1) is 35.3 Å². The predicted molar refractivity (Wildman–Crippen MR) is 118 cm³/mol. The van der Waals surface area contributed by atoms with Crippen LogP contribution in [-0.2, 0) is 22.9 Å². The maximum Gasteiger partial charge on any atom is 0.191 e. The number of sulfone groups is 1. The van der Waals surface area contributed by atoms with Gasteiger partial charge in [-0.2, -0.15) is 0 Å². The first-order chi connectivity index (χ1) is 11.7. The molecule has 144 valence electrons. The monoisotopic (exact) mass is 508 g/mol. The van der Waals surface area contributed by atoms with Crippen LogP contribution in [0.4, 0.5) is 0 Å². The molecule has 0 radical (unpaired) electrons. The molecule has 1 heterocycles. The van der Waals surface area contributed by atoms with E-state index in [0.717, 1.165) is 21.8 Å². The molecule has 0 unspecified atom stereocenters. The van der Waals surface area contributed by atoms with Crippen molar-refractivity contribution in [3.05, 3.63) is 44.9 Å². The van der Waals surface area contributed by atoms with E-state index in [2.05, 4.69) is 27.5 Å². The van der Waals surface area contributed by atoms with E-state index in [0.29, 0.717) is 23.9 Å². The van der Waals surface area contributed by atoms with Crippen LogP contribution >= 0.6 is 35.3 Å². The van der Waals surface area contributed by atoms with Crippen molar-refractivity contribution >= 4 is 51.1 Å². The molecule has 0 spiro atoms. The summed E-state index contributed by atoms with van der Waals surface area (Å²) in [5.74, 6) is 0.676. The highest BCUT2D eigenvalue weighted by atomic mass is 127. The molecule has 0 amide bonds. The summed E-state index contributed by atoms with van der Waals surface area (Å²) in [5, 5.41) is 7.49. The van der Waals surface area contributed by atoms with Crippen LogP contribution in [0.15, 0.2) is 28.1 Å². The Labute approximate surface area is 176 Å². The minimum Gasteiger partial charge on any atom is -0.352 e. The maximum atomic E-state index is 11.7. The van der Waals surface area contributed by atoms with Gasteiger partial charge < -0.3 is 10.6 Å². The Morgan fingerprint density at radius 1 is 1.19 bits per heavy atom. The molecule has 1 aromatic carbocycles. The largest absolute Gasteiger partial charge is 0.352 e. The Morgan fingerprint density at radius 2 is 1.85 bits per heavy atom. The highest BCUT2D eigenvalue weighted by Gasteiger charge is 2.11. The lowest BCUT2D eigenvalue weighted by Gasteiger charge is -2.12. The SMILES string of the molecule is CN=C(NCc1ccc(S(C)(=O)=O)c(C)c1)NCc1nc(C)c(C)s1.I. The number of hydrogen-bond acceptors (Lipinski definition) is 5. The summed E-state index contributed by atoms with van der Waals surface area (Å²) in [6, 6.07) is 5.35. The van der Waals surface area contributed by atoms with Crippen LogP contribution in [0.3, 0.4) is 0 Å².